The molecule has 2 rings (SSSR count). The summed E-state index contributed by atoms with van der Waals surface area (Å²) in [6.45, 7) is 5.18. The molecule has 0 aliphatic carbocycles. The Hall–Kier alpha value is -2.29. The predicted molar refractivity (Wildman–Crippen MR) is 93.8 cm³/mol. The summed E-state index contributed by atoms with van der Waals surface area (Å²) >= 11 is 0. The van der Waals surface area contributed by atoms with Crippen molar-refractivity contribution in [3.05, 3.63) is 59.7 Å². The van der Waals surface area contributed by atoms with Crippen LogP contribution in [0.1, 0.15) is 35.7 Å². The van der Waals surface area contributed by atoms with E-state index in [2.05, 4.69) is 24.2 Å². The topological polar surface area (TPSA) is 32.3 Å². The lowest BCUT2D eigenvalue weighted by Crippen LogP contribution is -2.18. The molecule has 0 aromatic heterocycles. The van der Waals surface area contributed by atoms with Crippen LogP contribution in [0.3, 0.4) is 0 Å². The molecule has 1 N–H and O–H groups in total. The summed E-state index contributed by atoms with van der Waals surface area (Å²) in [6, 6.07) is 15.6. The van der Waals surface area contributed by atoms with Gasteiger partial charge in [0, 0.05) is 30.5 Å². The lowest BCUT2D eigenvalue weighted by molar-refractivity contribution is 0.102. The molecule has 0 aliphatic heterocycles. The molecule has 0 heterocycles. The third-order valence-electron chi connectivity index (χ3n) is 3.80. The summed E-state index contributed by atoms with van der Waals surface area (Å²) in [5.41, 5.74) is 3.69. The quantitative estimate of drug-likeness (QED) is 0.852. The fourth-order valence-electron chi connectivity index (χ4n) is 2.35. The van der Waals surface area contributed by atoms with Gasteiger partial charge in [0.1, 0.15) is 0 Å². The zero-order valence-corrected chi connectivity index (χ0v) is 13.6. The van der Waals surface area contributed by atoms with Crippen molar-refractivity contribution in [2.75, 3.05) is 23.8 Å². The van der Waals surface area contributed by atoms with Crippen LogP contribution in [0.4, 0.5) is 11.4 Å². The minimum atomic E-state index is -0.0646. The maximum Gasteiger partial charge on any atom is 0.255 e. The zero-order valence-electron chi connectivity index (χ0n) is 13.6. The highest BCUT2D eigenvalue weighted by Crippen LogP contribution is 2.18. The summed E-state index contributed by atoms with van der Waals surface area (Å²) in [5.74, 6) is -0.0646. The van der Waals surface area contributed by atoms with Gasteiger partial charge in [-0.3, -0.25) is 4.79 Å². The van der Waals surface area contributed by atoms with Gasteiger partial charge >= 0.3 is 0 Å². The second-order valence-electron chi connectivity index (χ2n) is 5.59. The average molecular weight is 296 g/mol. The lowest BCUT2D eigenvalue weighted by atomic mass is 10.1. The maximum absolute atomic E-state index is 12.3. The number of anilines is 2. The van der Waals surface area contributed by atoms with Gasteiger partial charge in [-0.2, -0.15) is 0 Å². The largest absolute Gasteiger partial charge is 0.375 e. The van der Waals surface area contributed by atoms with E-state index in [-0.39, 0.29) is 5.91 Å². The fourth-order valence-corrected chi connectivity index (χ4v) is 2.35. The van der Waals surface area contributed by atoms with Gasteiger partial charge in [0.2, 0.25) is 0 Å². The SMILES string of the molecule is CCCCN(C)c1ccc(NC(=O)c2ccccc2C)cc1. The van der Waals surface area contributed by atoms with Gasteiger partial charge in [-0.15, -0.1) is 0 Å². The highest BCUT2D eigenvalue weighted by Gasteiger charge is 2.08. The Morgan fingerprint density at radius 3 is 2.41 bits per heavy atom. The Bertz CT molecular complexity index is 620. The van der Waals surface area contributed by atoms with Crippen LogP contribution in [0.5, 0.6) is 0 Å². The molecule has 3 heteroatoms. The predicted octanol–water partition coefficient (Wildman–Crippen LogP) is 4.48. The van der Waals surface area contributed by atoms with Crippen LogP contribution in [0.2, 0.25) is 0 Å². The molecule has 1 amide bonds. The van der Waals surface area contributed by atoms with Crippen molar-refractivity contribution in [3.8, 4) is 0 Å². The van der Waals surface area contributed by atoms with Crippen molar-refractivity contribution in [2.24, 2.45) is 0 Å². The second kappa shape index (κ2) is 7.64. The zero-order chi connectivity index (χ0) is 15.9. The van der Waals surface area contributed by atoms with E-state index in [1.165, 1.54) is 18.5 Å². The molecule has 0 spiro atoms. The van der Waals surface area contributed by atoms with Crippen LogP contribution in [-0.2, 0) is 0 Å². The number of unbranched alkanes of at least 4 members (excludes halogenated alkanes) is 1. The van der Waals surface area contributed by atoms with Crippen LogP contribution in [0.15, 0.2) is 48.5 Å². The lowest BCUT2D eigenvalue weighted by Gasteiger charge is -2.19. The van der Waals surface area contributed by atoms with E-state index in [0.717, 1.165) is 17.8 Å². The maximum atomic E-state index is 12.3. The number of nitrogens with zero attached hydrogens (tertiary/aromatic N) is 1. The molecule has 0 radical (unpaired) electrons. The average Bonchev–Trinajstić information content (AvgIpc) is 2.53. The van der Waals surface area contributed by atoms with Crippen molar-refractivity contribution >= 4 is 17.3 Å². The summed E-state index contributed by atoms with van der Waals surface area (Å²) in [6.07, 6.45) is 2.37. The first kappa shape index (κ1) is 16.1. The van der Waals surface area contributed by atoms with E-state index in [0.29, 0.717) is 5.56 Å². The van der Waals surface area contributed by atoms with Crippen molar-refractivity contribution in [3.63, 3.8) is 0 Å². The molecular formula is C19H24N2O. The van der Waals surface area contributed by atoms with Crippen LogP contribution in [0.25, 0.3) is 0 Å². The Morgan fingerprint density at radius 2 is 1.77 bits per heavy atom. The molecule has 0 saturated carbocycles. The van der Waals surface area contributed by atoms with E-state index in [1.807, 2.05) is 55.5 Å². The minimum absolute atomic E-state index is 0.0646. The number of rotatable bonds is 6. The Morgan fingerprint density at radius 1 is 1.09 bits per heavy atom. The van der Waals surface area contributed by atoms with Crippen LogP contribution < -0.4 is 10.2 Å². The van der Waals surface area contributed by atoms with E-state index < -0.39 is 0 Å². The first-order valence-electron chi connectivity index (χ1n) is 7.80. The molecule has 0 aliphatic rings. The van der Waals surface area contributed by atoms with Gasteiger partial charge in [-0.05, 0) is 49.2 Å². The highest BCUT2D eigenvalue weighted by atomic mass is 16.1. The van der Waals surface area contributed by atoms with E-state index in [4.69, 9.17) is 0 Å². The summed E-state index contributed by atoms with van der Waals surface area (Å²) in [4.78, 5) is 14.5. The summed E-state index contributed by atoms with van der Waals surface area (Å²) in [5, 5.41) is 2.95. The van der Waals surface area contributed by atoms with E-state index >= 15 is 0 Å². The summed E-state index contributed by atoms with van der Waals surface area (Å²) < 4.78 is 0. The molecule has 116 valence electrons. The van der Waals surface area contributed by atoms with E-state index in [9.17, 15) is 4.79 Å². The van der Waals surface area contributed by atoms with Gasteiger partial charge in [0.05, 0.1) is 0 Å². The van der Waals surface area contributed by atoms with E-state index in [1.54, 1.807) is 0 Å². The van der Waals surface area contributed by atoms with Gasteiger partial charge in [-0.1, -0.05) is 31.5 Å². The standard InChI is InChI=1S/C19H24N2O/c1-4-5-14-21(3)17-12-10-16(11-13-17)20-19(22)18-9-7-6-8-15(18)2/h6-13H,4-5,14H2,1-3H3,(H,20,22). The molecule has 0 fully saturated rings. The van der Waals surface area contributed by atoms with Crippen LogP contribution in [-0.4, -0.2) is 19.5 Å². The third-order valence-corrected chi connectivity index (χ3v) is 3.80. The minimum Gasteiger partial charge on any atom is -0.375 e. The number of hydrogen-bond donors (Lipinski definition) is 1. The number of carbonyl (C=O) groups is 1. The number of carbonyl (C=O) groups excluding carboxylic acids is 1. The van der Waals surface area contributed by atoms with Crippen LogP contribution in [0, 0.1) is 6.92 Å². The van der Waals surface area contributed by atoms with Gasteiger partial charge in [0.25, 0.3) is 5.91 Å². The molecule has 2 aromatic rings. The molecule has 22 heavy (non-hydrogen) atoms. The van der Waals surface area contributed by atoms with Gasteiger partial charge in [-0.25, -0.2) is 0 Å². The normalized spacial score (nSPS) is 10.3. The Kier molecular flexibility index (Phi) is 5.59. The molecule has 0 saturated heterocycles. The Balaban J connectivity index is 2.02. The number of aryl methyl sites for hydroxylation is 1. The monoisotopic (exact) mass is 296 g/mol. The smallest absolute Gasteiger partial charge is 0.255 e. The number of nitrogens with one attached hydrogen (secondary N) is 1. The highest BCUT2D eigenvalue weighted by molar-refractivity contribution is 6.05. The molecule has 3 nitrogen and oxygen atoms in total. The molecule has 0 bridgehead atoms. The van der Waals surface area contributed by atoms with Crippen molar-refractivity contribution < 1.29 is 4.79 Å². The molecule has 2 aromatic carbocycles. The van der Waals surface area contributed by atoms with Gasteiger partial charge < -0.3 is 10.2 Å². The number of benzene rings is 2. The molecular weight excluding hydrogens is 272 g/mol. The summed E-state index contributed by atoms with van der Waals surface area (Å²) in [7, 11) is 2.09. The van der Waals surface area contributed by atoms with Gasteiger partial charge in [0.15, 0.2) is 0 Å². The van der Waals surface area contributed by atoms with Crippen molar-refractivity contribution in [1.29, 1.82) is 0 Å². The van der Waals surface area contributed by atoms with Crippen molar-refractivity contribution in [1.82, 2.24) is 0 Å². The third kappa shape index (κ3) is 4.10. The number of amides is 1. The van der Waals surface area contributed by atoms with Crippen molar-refractivity contribution in [2.45, 2.75) is 26.7 Å². The Labute approximate surface area is 133 Å². The second-order valence-corrected chi connectivity index (χ2v) is 5.59. The first-order chi connectivity index (χ1) is 10.6. The van der Waals surface area contributed by atoms with Crippen LogP contribution >= 0.6 is 0 Å². The number of hydrogen-bond acceptors (Lipinski definition) is 2. The first-order valence-corrected chi connectivity index (χ1v) is 7.80. The molecule has 0 atom stereocenters. The fraction of sp³-hybridized carbons (Fsp3) is 0.316. The molecule has 0 unspecified atom stereocenters.